The average Bonchev–Trinajstić information content (AvgIpc) is 3.09. The van der Waals surface area contributed by atoms with Gasteiger partial charge in [-0.05, 0) is 59.0 Å². The molecule has 7 heteroatoms. The maximum absolute atomic E-state index is 13.3. The van der Waals surface area contributed by atoms with Gasteiger partial charge in [-0.15, -0.1) is 0 Å². The van der Waals surface area contributed by atoms with Crippen molar-refractivity contribution in [3.05, 3.63) is 94.3 Å². The Hall–Kier alpha value is -3.64. The molecule has 1 aliphatic heterocycles. The van der Waals surface area contributed by atoms with Gasteiger partial charge in [-0.2, -0.15) is 0 Å². The molecule has 34 heavy (non-hydrogen) atoms. The molecule has 1 unspecified atom stereocenters. The van der Waals surface area contributed by atoms with Crippen LogP contribution in [-0.2, 0) is 15.0 Å². The van der Waals surface area contributed by atoms with Crippen molar-refractivity contribution in [2.24, 2.45) is 0 Å². The Kier molecular flexibility index (Phi) is 6.19. The number of rotatable bonds is 4. The molecule has 1 atom stereocenters. The number of hydrogen-bond acceptors (Lipinski definition) is 5. The number of anilines is 1. The number of pyridine rings is 1. The minimum absolute atomic E-state index is 0.0135. The monoisotopic (exact) mass is 476 g/mol. The topological polar surface area (TPSA) is 79.7 Å². The number of carbonyl (C=O) groups is 2. The van der Waals surface area contributed by atoms with Gasteiger partial charge in [0.2, 0.25) is 0 Å². The third kappa shape index (κ3) is 4.17. The molecule has 2 aromatic carbocycles. The number of hydrogen-bond donors (Lipinski definition) is 1. The van der Waals surface area contributed by atoms with E-state index >= 15 is 0 Å². The molecule has 1 aliphatic rings. The highest BCUT2D eigenvalue weighted by Crippen LogP contribution is 2.43. The van der Waals surface area contributed by atoms with Crippen LogP contribution in [0.25, 0.3) is 5.76 Å². The molecule has 0 spiro atoms. The van der Waals surface area contributed by atoms with Crippen LogP contribution in [0, 0.1) is 0 Å². The zero-order valence-electron chi connectivity index (χ0n) is 19.4. The third-order valence-corrected chi connectivity index (χ3v) is 6.21. The summed E-state index contributed by atoms with van der Waals surface area (Å²) in [6, 6.07) is 14.8. The smallest absolute Gasteiger partial charge is 0.300 e. The summed E-state index contributed by atoms with van der Waals surface area (Å²) in [7, 11) is 1.46. The lowest BCUT2D eigenvalue weighted by Gasteiger charge is -2.26. The van der Waals surface area contributed by atoms with Crippen molar-refractivity contribution in [3.8, 4) is 5.75 Å². The zero-order valence-corrected chi connectivity index (χ0v) is 20.1. The molecule has 0 bridgehead atoms. The lowest BCUT2D eigenvalue weighted by Crippen LogP contribution is -2.29. The highest BCUT2D eigenvalue weighted by Gasteiger charge is 2.47. The fraction of sp³-hybridized carbons (Fsp3) is 0.222. The Bertz CT molecular complexity index is 1280. The van der Waals surface area contributed by atoms with E-state index in [1.54, 1.807) is 36.7 Å². The molecule has 0 radical (unpaired) electrons. The number of Topliss-reactive ketones (excluding diaryl/α,β-unsaturated/α-hetero) is 1. The van der Waals surface area contributed by atoms with Crippen molar-refractivity contribution in [2.75, 3.05) is 12.0 Å². The first kappa shape index (κ1) is 23.5. The van der Waals surface area contributed by atoms with Gasteiger partial charge in [0.25, 0.3) is 11.7 Å². The van der Waals surface area contributed by atoms with Crippen molar-refractivity contribution in [2.45, 2.75) is 32.2 Å². The van der Waals surface area contributed by atoms with Gasteiger partial charge in [-0.3, -0.25) is 19.5 Å². The number of amides is 1. The van der Waals surface area contributed by atoms with Crippen molar-refractivity contribution in [3.63, 3.8) is 0 Å². The fourth-order valence-corrected chi connectivity index (χ4v) is 4.24. The summed E-state index contributed by atoms with van der Waals surface area (Å²) in [5.74, 6) is -1.44. The predicted molar refractivity (Wildman–Crippen MR) is 132 cm³/mol. The first-order chi connectivity index (χ1) is 16.1. The highest BCUT2D eigenvalue weighted by molar-refractivity contribution is 6.51. The fourth-order valence-electron chi connectivity index (χ4n) is 4.04. The number of nitrogens with zero attached hydrogens (tertiary/aromatic N) is 2. The van der Waals surface area contributed by atoms with Gasteiger partial charge in [0.05, 0.1) is 23.7 Å². The maximum atomic E-state index is 13.3. The standard InChI is InChI=1S/C27H25ClN2O4/c1-27(2,3)18-6-8-19(9-7-18)30-23(16-11-13-29-14-12-16)22(25(32)26(30)33)24(31)17-5-10-20(28)21(15-17)34-4/h5-15,23,31H,1-4H3/b24-22-. The Morgan fingerprint density at radius 1 is 1.03 bits per heavy atom. The van der Waals surface area contributed by atoms with Crippen LogP contribution in [-0.4, -0.2) is 28.9 Å². The predicted octanol–water partition coefficient (Wildman–Crippen LogP) is 5.67. The number of carbonyl (C=O) groups excluding carboxylic acids is 2. The first-order valence-electron chi connectivity index (χ1n) is 10.8. The van der Waals surface area contributed by atoms with E-state index in [9.17, 15) is 14.7 Å². The van der Waals surface area contributed by atoms with E-state index in [2.05, 4.69) is 25.8 Å². The summed E-state index contributed by atoms with van der Waals surface area (Å²) < 4.78 is 5.25. The van der Waals surface area contributed by atoms with Crippen LogP contribution in [0.5, 0.6) is 5.75 Å². The summed E-state index contributed by atoms with van der Waals surface area (Å²) in [5.41, 5.74) is 2.55. The van der Waals surface area contributed by atoms with E-state index in [0.29, 0.717) is 27.6 Å². The van der Waals surface area contributed by atoms with E-state index in [0.717, 1.165) is 5.56 Å². The Morgan fingerprint density at radius 2 is 1.68 bits per heavy atom. The van der Waals surface area contributed by atoms with Crippen molar-refractivity contribution < 1.29 is 19.4 Å². The Labute approximate surface area is 203 Å². The second-order valence-electron chi connectivity index (χ2n) is 9.10. The second-order valence-corrected chi connectivity index (χ2v) is 9.50. The minimum Gasteiger partial charge on any atom is -0.507 e. The molecule has 2 heterocycles. The maximum Gasteiger partial charge on any atom is 0.300 e. The Balaban J connectivity index is 1.90. The van der Waals surface area contributed by atoms with Crippen LogP contribution < -0.4 is 9.64 Å². The first-order valence-corrected chi connectivity index (χ1v) is 11.2. The van der Waals surface area contributed by atoms with E-state index in [1.165, 1.54) is 18.1 Å². The Morgan fingerprint density at radius 3 is 2.26 bits per heavy atom. The van der Waals surface area contributed by atoms with Crippen molar-refractivity contribution >= 4 is 34.7 Å². The van der Waals surface area contributed by atoms with Crippen LogP contribution >= 0.6 is 11.6 Å². The number of aliphatic hydroxyl groups is 1. The molecule has 1 saturated heterocycles. The van der Waals surface area contributed by atoms with Gasteiger partial charge >= 0.3 is 0 Å². The number of aliphatic hydroxyl groups excluding tert-OH is 1. The number of halogens is 1. The van der Waals surface area contributed by atoms with Gasteiger partial charge in [-0.1, -0.05) is 44.5 Å². The lowest BCUT2D eigenvalue weighted by molar-refractivity contribution is -0.132. The molecule has 1 amide bonds. The molecule has 1 N–H and O–H groups in total. The molecule has 0 aliphatic carbocycles. The quantitative estimate of drug-likeness (QED) is 0.298. The molecular formula is C27H25ClN2O4. The number of ketones is 1. The molecule has 1 aromatic heterocycles. The van der Waals surface area contributed by atoms with Gasteiger partial charge in [0.15, 0.2) is 0 Å². The summed E-state index contributed by atoms with van der Waals surface area (Å²) >= 11 is 6.13. The molecule has 6 nitrogen and oxygen atoms in total. The SMILES string of the molecule is COc1cc(/C(O)=C2/C(=O)C(=O)N(c3ccc(C(C)(C)C)cc3)C2c2ccncc2)ccc1Cl. The van der Waals surface area contributed by atoms with Crippen LogP contribution in [0.3, 0.4) is 0 Å². The number of aromatic nitrogens is 1. The van der Waals surface area contributed by atoms with Crippen molar-refractivity contribution in [1.29, 1.82) is 0 Å². The normalized spacial score (nSPS) is 17.8. The highest BCUT2D eigenvalue weighted by atomic mass is 35.5. The summed E-state index contributed by atoms with van der Waals surface area (Å²) in [5, 5.41) is 11.6. The van der Waals surface area contributed by atoms with Gasteiger partial charge < -0.3 is 9.84 Å². The molecule has 3 aromatic rings. The average molecular weight is 477 g/mol. The van der Waals surface area contributed by atoms with Gasteiger partial charge in [-0.25, -0.2) is 0 Å². The largest absolute Gasteiger partial charge is 0.507 e. The molecular weight excluding hydrogens is 452 g/mol. The van der Waals surface area contributed by atoms with E-state index in [4.69, 9.17) is 16.3 Å². The van der Waals surface area contributed by atoms with Crippen LogP contribution in [0.15, 0.2) is 72.6 Å². The van der Waals surface area contributed by atoms with E-state index < -0.39 is 17.7 Å². The lowest BCUT2D eigenvalue weighted by atomic mass is 9.87. The van der Waals surface area contributed by atoms with Crippen LogP contribution in [0.2, 0.25) is 5.02 Å². The van der Waals surface area contributed by atoms with Crippen molar-refractivity contribution in [1.82, 2.24) is 4.98 Å². The number of ether oxygens (including phenoxy) is 1. The van der Waals surface area contributed by atoms with Gasteiger partial charge in [0, 0.05) is 23.6 Å². The summed E-state index contributed by atoms with van der Waals surface area (Å²) in [6.07, 6.45) is 3.17. The number of benzene rings is 2. The van der Waals surface area contributed by atoms with Crippen LogP contribution in [0.1, 0.15) is 43.5 Å². The third-order valence-electron chi connectivity index (χ3n) is 5.90. The van der Waals surface area contributed by atoms with E-state index in [-0.39, 0.29) is 16.7 Å². The molecule has 174 valence electrons. The van der Waals surface area contributed by atoms with Gasteiger partial charge in [0.1, 0.15) is 11.5 Å². The zero-order chi connectivity index (χ0) is 24.6. The van der Waals surface area contributed by atoms with E-state index in [1.807, 2.05) is 24.3 Å². The second kappa shape index (κ2) is 8.95. The molecule has 1 fully saturated rings. The molecule has 4 rings (SSSR count). The summed E-state index contributed by atoms with van der Waals surface area (Å²) in [4.78, 5) is 32.0. The minimum atomic E-state index is -0.829. The number of methoxy groups -OCH3 is 1. The summed E-state index contributed by atoms with van der Waals surface area (Å²) in [6.45, 7) is 6.31. The van der Waals surface area contributed by atoms with Crippen LogP contribution in [0.4, 0.5) is 5.69 Å². The molecule has 0 saturated carbocycles.